The lowest BCUT2D eigenvalue weighted by Gasteiger charge is -2.12. The Balaban J connectivity index is 2.23. The molecule has 0 aliphatic rings. The van der Waals surface area contributed by atoms with E-state index in [4.69, 9.17) is 9.88 Å². The highest BCUT2D eigenvalue weighted by Crippen LogP contribution is 2.36. The van der Waals surface area contributed by atoms with Crippen molar-refractivity contribution in [1.82, 2.24) is 0 Å². The zero-order chi connectivity index (χ0) is 15.6. The van der Waals surface area contributed by atoms with Crippen LogP contribution in [0.15, 0.2) is 50.2 Å². The number of primary sulfonamides is 1. The molecule has 2 rings (SSSR count). The molecule has 0 unspecified atom stereocenters. The first-order chi connectivity index (χ1) is 9.77. The zero-order valence-electron chi connectivity index (χ0n) is 10.5. The van der Waals surface area contributed by atoms with Gasteiger partial charge in [0.2, 0.25) is 10.0 Å². The second kappa shape index (κ2) is 6.95. The molecule has 21 heavy (non-hydrogen) atoms. The second-order valence-corrected chi connectivity index (χ2v) is 8.69. The molecular weight excluding hydrogens is 537 g/mol. The van der Waals surface area contributed by atoms with E-state index < -0.39 is 10.0 Å². The Bertz CT molecular complexity index is 740. The predicted octanol–water partition coefficient (Wildman–Crippen LogP) is 4.04. The molecule has 0 atom stereocenters. The van der Waals surface area contributed by atoms with E-state index in [1.54, 1.807) is 0 Å². The van der Waals surface area contributed by atoms with Crippen molar-refractivity contribution in [2.45, 2.75) is 11.5 Å². The molecule has 8 heteroatoms. The van der Waals surface area contributed by atoms with E-state index in [2.05, 4.69) is 54.5 Å². The van der Waals surface area contributed by atoms with Gasteiger partial charge < -0.3 is 4.74 Å². The van der Waals surface area contributed by atoms with Crippen LogP contribution in [0.5, 0.6) is 5.75 Å². The minimum atomic E-state index is -3.75. The smallest absolute Gasteiger partial charge is 0.238 e. The number of halogens is 3. The Hall–Kier alpha value is -0.160. The normalized spacial score (nSPS) is 11.4. The first kappa shape index (κ1) is 17.2. The number of sulfonamides is 1. The van der Waals surface area contributed by atoms with Gasteiger partial charge in [-0.2, -0.15) is 0 Å². The Morgan fingerprint density at radius 1 is 1.10 bits per heavy atom. The van der Waals surface area contributed by atoms with Crippen LogP contribution in [0.25, 0.3) is 0 Å². The molecule has 0 aliphatic heterocycles. The van der Waals surface area contributed by atoms with E-state index in [1.807, 2.05) is 24.3 Å². The van der Waals surface area contributed by atoms with E-state index in [0.717, 1.165) is 9.13 Å². The monoisotopic (exact) mass is 545 g/mol. The van der Waals surface area contributed by atoms with Crippen molar-refractivity contribution in [3.63, 3.8) is 0 Å². The Labute approximate surface area is 153 Å². The lowest BCUT2D eigenvalue weighted by Crippen LogP contribution is -2.12. The molecule has 0 saturated carbocycles. The fourth-order valence-electron chi connectivity index (χ4n) is 1.57. The molecule has 0 radical (unpaired) electrons. The molecule has 0 heterocycles. The molecule has 112 valence electrons. The maximum atomic E-state index is 11.4. The third kappa shape index (κ3) is 4.65. The van der Waals surface area contributed by atoms with Crippen LogP contribution in [0.4, 0.5) is 0 Å². The van der Waals surface area contributed by atoms with Gasteiger partial charge in [-0.3, -0.25) is 0 Å². The van der Waals surface area contributed by atoms with Gasteiger partial charge in [0.1, 0.15) is 12.4 Å². The Kier molecular flexibility index (Phi) is 5.69. The summed E-state index contributed by atoms with van der Waals surface area (Å²) < 4.78 is 30.6. The summed E-state index contributed by atoms with van der Waals surface area (Å²) in [5.74, 6) is 0.529. The number of benzene rings is 2. The molecule has 0 bridgehead atoms. The standard InChI is InChI=1S/C13H10Br2INO3S/c14-11-5-10(21(17,18)19)6-12(15)13(11)20-7-8-1-3-9(16)4-2-8/h1-6H,7H2,(H2,17,18,19). The van der Waals surface area contributed by atoms with Crippen LogP contribution in [-0.4, -0.2) is 8.42 Å². The quantitative estimate of drug-likeness (QED) is 0.589. The first-order valence-corrected chi connectivity index (χ1v) is 9.87. The molecule has 0 spiro atoms. The highest BCUT2D eigenvalue weighted by Gasteiger charge is 2.15. The largest absolute Gasteiger partial charge is 0.487 e. The molecule has 2 N–H and O–H groups in total. The fraction of sp³-hybridized carbons (Fsp3) is 0.0769. The van der Waals surface area contributed by atoms with Gasteiger partial charge in [-0.05, 0) is 84.3 Å². The summed E-state index contributed by atoms with van der Waals surface area (Å²) in [6.45, 7) is 0.378. The lowest BCUT2D eigenvalue weighted by molar-refractivity contribution is 0.302. The van der Waals surface area contributed by atoms with Crippen molar-refractivity contribution < 1.29 is 13.2 Å². The highest BCUT2D eigenvalue weighted by atomic mass is 127. The molecule has 0 amide bonds. The van der Waals surface area contributed by atoms with Gasteiger partial charge in [0.05, 0.1) is 13.8 Å². The van der Waals surface area contributed by atoms with Crippen molar-refractivity contribution in [2.24, 2.45) is 5.14 Å². The van der Waals surface area contributed by atoms with E-state index >= 15 is 0 Å². The number of rotatable bonds is 4. The third-order valence-corrected chi connectivity index (χ3v) is 5.39. The van der Waals surface area contributed by atoms with Crippen LogP contribution < -0.4 is 9.88 Å². The van der Waals surface area contributed by atoms with Crippen molar-refractivity contribution in [3.8, 4) is 5.75 Å². The predicted molar refractivity (Wildman–Crippen MR) is 96.7 cm³/mol. The molecular formula is C13H10Br2INO3S. The van der Waals surface area contributed by atoms with Crippen molar-refractivity contribution >= 4 is 64.5 Å². The summed E-state index contributed by atoms with van der Waals surface area (Å²) in [5, 5.41) is 5.11. The summed E-state index contributed by atoms with van der Waals surface area (Å²) in [7, 11) is -3.75. The summed E-state index contributed by atoms with van der Waals surface area (Å²) in [4.78, 5) is 0.0165. The maximum absolute atomic E-state index is 11.4. The van der Waals surface area contributed by atoms with Crippen LogP contribution in [0.2, 0.25) is 0 Å². The number of hydrogen-bond acceptors (Lipinski definition) is 3. The topological polar surface area (TPSA) is 69.4 Å². The van der Waals surface area contributed by atoms with Crippen LogP contribution in [0.3, 0.4) is 0 Å². The number of hydrogen-bond donors (Lipinski definition) is 1. The average Bonchev–Trinajstić information content (AvgIpc) is 2.38. The van der Waals surface area contributed by atoms with Gasteiger partial charge in [-0.15, -0.1) is 0 Å². The van der Waals surface area contributed by atoms with Gasteiger partial charge in [0, 0.05) is 3.57 Å². The van der Waals surface area contributed by atoms with Crippen LogP contribution >= 0.6 is 54.5 Å². The molecule has 0 aliphatic carbocycles. The fourth-order valence-corrected chi connectivity index (χ4v) is 4.22. The average molecular weight is 547 g/mol. The first-order valence-electron chi connectivity index (χ1n) is 5.66. The van der Waals surface area contributed by atoms with Gasteiger partial charge in [-0.1, -0.05) is 12.1 Å². The lowest BCUT2D eigenvalue weighted by atomic mass is 10.2. The Morgan fingerprint density at radius 3 is 2.10 bits per heavy atom. The number of nitrogens with two attached hydrogens (primary N) is 1. The third-order valence-electron chi connectivity index (χ3n) is 2.60. The zero-order valence-corrected chi connectivity index (χ0v) is 16.7. The van der Waals surface area contributed by atoms with Crippen molar-refractivity contribution in [3.05, 3.63) is 54.5 Å². The summed E-state index contributed by atoms with van der Waals surface area (Å²) >= 11 is 8.83. The molecule has 0 aromatic heterocycles. The van der Waals surface area contributed by atoms with Crippen LogP contribution in [-0.2, 0) is 16.6 Å². The summed E-state index contributed by atoms with van der Waals surface area (Å²) in [6.07, 6.45) is 0. The van der Waals surface area contributed by atoms with Crippen LogP contribution in [0.1, 0.15) is 5.56 Å². The van der Waals surface area contributed by atoms with Gasteiger partial charge in [0.25, 0.3) is 0 Å². The van der Waals surface area contributed by atoms with E-state index in [0.29, 0.717) is 21.3 Å². The molecule has 4 nitrogen and oxygen atoms in total. The molecule has 2 aromatic carbocycles. The van der Waals surface area contributed by atoms with Crippen LogP contribution in [0, 0.1) is 3.57 Å². The van der Waals surface area contributed by atoms with Crippen molar-refractivity contribution in [2.75, 3.05) is 0 Å². The minimum absolute atomic E-state index is 0.0165. The number of ether oxygens (including phenoxy) is 1. The summed E-state index contributed by atoms with van der Waals surface area (Å²) in [5.41, 5.74) is 1.02. The molecule has 0 saturated heterocycles. The molecule has 2 aromatic rings. The summed E-state index contributed by atoms with van der Waals surface area (Å²) in [6, 6.07) is 10.8. The van der Waals surface area contributed by atoms with Crippen molar-refractivity contribution in [1.29, 1.82) is 0 Å². The van der Waals surface area contributed by atoms with Gasteiger partial charge in [0.15, 0.2) is 0 Å². The molecule has 0 fully saturated rings. The van der Waals surface area contributed by atoms with E-state index in [1.165, 1.54) is 12.1 Å². The van der Waals surface area contributed by atoms with E-state index in [9.17, 15) is 8.42 Å². The highest BCUT2D eigenvalue weighted by molar-refractivity contribution is 14.1. The second-order valence-electron chi connectivity index (χ2n) is 4.18. The maximum Gasteiger partial charge on any atom is 0.238 e. The van der Waals surface area contributed by atoms with Gasteiger partial charge in [-0.25, -0.2) is 13.6 Å². The minimum Gasteiger partial charge on any atom is -0.487 e. The Morgan fingerprint density at radius 2 is 1.62 bits per heavy atom. The van der Waals surface area contributed by atoms with Gasteiger partial charge >= 0.3 is 0 Å². The van der Waals surface area contributed by atoms with E-state index in [-0.39, 0.29) is 4.90 Å². The SMILES string of the molecule is NS(=O)(=O)c1cc(Br)c(OCc2ccc(I)cc2)c(Br)c1.